The minimum Gasteiger partial charge on any atom is -1.00 e. The molecule has 4 rings (SSSR count). The van der Waals surface area contributed by atoms with Crippen LogP contribution in [0.4, 0.5) is 11.4 Å². The maximum Gasteiger partial charge on any atom is 0.294 e. The third kappa shape index (κ3) is 4.19. The van der Waals surface area contributed by atoms with E-state index in [2.05, 4.69) is 5.32 Å². The molecular formula is C24H23ClIN3O2. The lowest BCUT2D eigenvalue weighted by Crippen LogP contribution is -3.00. The molecule has 1 aliphatic heterocycles. The summed E-state index contributed by atoms with van der Waals surface area (Å²) in [6, 6.07) is 18.4. The molecule has 0 aliphatic carbocycles. The highest BCUT2D eigenvalue weighted by atomic mass is 127. The molecule has 1 atom stereocenters. The summed E-state index contributed by atoms with van der Waals surface area (Å²) in [4.78, 5) is 28.6. The Kier molecular flexibility index (Phi) is 6.71. The molecule has 0 fully saturated rings. The summed E-state index contributed by atoms with van der Waals surface area (Å²) in [6.07, 6.45) is 1.83. The van der Waals surface area contributed by atoms with Gasteiger partial charge in [0.2, 0.25) is 17.8 Å². The Morgan fingerprint density at radius 1 is 1.06 bits per heavy atom. The van der Waals surface area contributed by atoms with Gasteiger partial charge in [0.05, 0.1) is 0 Å². The van der Waals surface area contributed by atoms with Crippen LogP contribution in [0.1, 0.15) is 23.7 Å². The second-order valence-corrected chi connectivity index (χ2v) is 8.18. The van der Waals surface area contributed by atoms with Gasteiger partial charge in [0.1, 0.15) is 0 Å². The Hall–Kier alpha value is -2.45. The summed E-state index contributed by atoms with van der Waals surface area (Å²) in [5.74, 6) is -0.438. The largest absolute Gasteiger partial charge is 1.00 e. The number of carbonyl (C=O) groups is 2. The maximum atomic E-state index is 13.7. The van der Waals surface area contributed by atoms with E-state index in [-0.39, 0.29) is 42.3 Å². The molecule has 5 nitrogen and oxygen atoms in total. The molecule has 0 radical (unpaired) electrons. The van der Waals surface area contributed by atoms with Crippen LogP contribution in [0.3, 0.4) is 0 Å². The molecular weight excluding hydrogens is 525 g/mol. The number of hydrogen-bond acceptors (Lipinski definition) is 2. The Morgan fingerprint density at radius 2 is 1.77 bits per heavy atom. The Morgan fingerprint density at radius 3 is 2.45 bits per heavy atom. The van der Waals surface area contributed by atoms with Crippen molar-refractivity contribution in [2.45, 2.75) is 32.9 Å². The smallest absolute Gasteiger partial charge is 0.294 e. The van der Waals surface area contributed by atoms with Crippen molar-refractivity contribution in [1.29, 1.82) is 0 Å². The first kappa shape index (κ1) is 23.2. The zero-order valence-corrected chi connectivity index (χ0v) is 20.4. The number of aromatic nitrogens is 1. The predicted octanol–water partition coefficient (Wildman–Crippen LogP) is 1.15. The van der Waals surface area contributed by atoms with E-state index in [0.29, 0.717) is 16.4 Å². The van der Waals surface area contributed by atoms with Crippen LogP contribution in [-0.4, -0.2) is 11.8 Å². The van der Waals surface area contributed by atoms with E-state index in [1.54, 1.807) is 36.1 Å². The number of anilines is 2. The van der Waals surface area contributed by atoms with Crippen molar-refractivity contribution >= 4 is 34.8 Å². The normalized spacial score (nSPS) is 17.5. The van der Waals surface area contributed by atoms with Crippen molar-refractivity contribution in [2.24, 2.45) is 0 Å². The minimum absolute atomic E-state index is 0. The summed E-state index contributed by atoms with van der Waals surface area (Å²) in [6.45, 7) is 5.99. The van der Waals surface area contributed by atoms with E-state index < -0.39 is 5.54 Å². The lowest BCUT2D eigenvalue weighted by atomic mass is 9.89. The second kappa shape index (κ2) is 8.96. The van der Waals surface area contributed by atoms with Gasteiger partial charge in [0.15, 0.2) is 6.20 Å². The van der Waals surface area contributed by atoms with Gasteiger partial charge in [-0.3, -0.25) is 14.5 Å². The zero-order valence-electron chi connectivity index (χ0n) is 17.5. The van der Waals surface area contributed by atoms with E-state index >= 15 is 0 Å². The number of amides is 2. The molecule has 0 spiro atoms. The Labute approximate surface area is 204 Å². The third-order valence-corrected chi connectivity index (χ3v) is 5.99. The fourth-order valence-electron chi connectivity index (χ4n) is 3.91. The van der Waals surface area contributed by atoms with Gasteiger partial charge in [-0.05, 0) is 68.3 Å². The van der Waals surface area contributed by atoms with Crippen molar-refractivity contribution in [3.05, 3.63) is 88.7 Å². The van der Waals surface area contributed by atoms with Crippen LogP contribution in [0.2, 0.25) is 5.02 Å². The summed E-state index contributed by atoms with van der Waals surface area (Å²) < 4.78 is 1.83. The Balaban J connectivity index is 0.00000272. The van der Waals surface area contributed by atoms with E-state index in [1.165, 1.54) is 0 Å². The van der Waals surface area contributed by atoms with Crippen LogP contribution in [-0.2, 0) is 21.7 Å². The number of benzene rings is 2. The molecule has 0 saturated heterocycles. The van der Waals surface area contributed by atoms with Gasteiger partial charge in [-0.15, -0.1) is 0 Å². The highest BCUT2D eigenvalue weighted by molar-refractivity contribution is 6.30. The average molecular weight is 548 g/mol. The quantitative estimate of drug-likeness (QED) is 0.395. The summed E-state index contributed by atoms with van der Waals surface area (Å²) in [7, 11) is 0. The van der Waals surface area contributed by atoms with E-state index in [1.807, 2.05) is 61.0 Å². The lowest BCUT2D eigenvalue weighted by molar-refractivity contribution is -0.697. The van der Waals surface area contributed by atoms with Crippen molar-refractivity contribution in [3.63, 3.8) is 0 Å². The monoisotopic (exact) mass is 547 g/mol. The second-order valence-electron chi connectivity index (χ2n) is 7.74. The number of fused-ring (bicyclic) bond motifs is 1. The number of pyridine rings is 1. The molecule has 2 amide bonds. The molecule has 1 unspecified atom stereocenters. The average Bonchev–Trinajstić information content (AvgIpc) is 2.72. The van der Waals surface area contributed by atoms with Crippen LogP contribution in [0.25, 0.3) is 0 Å². The van der Waals surface area contributed by atoms with E-state index in [9.17, 15) is 9.59 Å². The van der Waals surface area contributed by atoms with Crippen molar-refractivity contribution in [3.8, 4) is 0 Å². The van der Waals surface area contributed by atoms with Crippen LogP contribution in [0.15, 0.2) is 66.9 Å². The minimum atomic E-state index is -1.24. The fourth-order valence-corrected chi connectivity index (χ4v) is 4.03. The SMILES string of the molecule is Cc1ccc(N2C(=O)C[n+]3ccccc3C2(C)C(=O)Nc2ccc(Cl)cc2)cc1C.[I-]. The summed E-state index contributed by atoms with van der Waals surface area (Å²) >= 11 is 5.97. The standard InChI is InChI=1S/C24H22ClN3O2.HI/c1-16-7-12-20(14-17(16)2)28-22(29)15-27-13-5-4-6-21(27)24(28,3)23(30)26-19-10-8-18(25)9-11-19;/h4-14H,15H2,1-3H3;1H. The number of nitrogens with zero attached hydrogens (tertiary/aromatic N) is 2. The number of carbonyl (C=O) groups excluding carboxylic acids is 2. The number of halogens is 2. The maximum absolute atomic E-state index is 13.7. The van der Waals surface area contributed by atoms with E-state index in [0.717, 1.165) is 16.8 Å². The van der Waals surface area contributed by atoms with E-state index in [4.69, 9.17) is 11.6 Å². The first-order chi connectivity index (χ1) is 14.3. The number of rotatable bonds is 3. The molecule has 31 heavy (non-hydrogen) atoms. The van der Waals surface area contributed by atoms with Gasteiger partial charge in [0, 0.05) is 28.5 Å². The topological polar surface area (TPSA) is 53.3 Å². The van der Waals surface area contributed by atoms with Gasteiger partial charge in [0.25, 0.3) is 11.8 Å². The number of hydrogen-bond donors (Lipinski definition) is 1. The molecule has 2 heterocycles. The van der Waals surface area contributed by atoms with Gasteiger partial charge in [-0.25, -0.2) is 0 Å². The van der Waals surface area contributed by atoms with Gasteiger partial charge in [-0.2, -0.15) is 4.57 Å². The fraction of sp³-hybridized carbons (Fsp3) is 0.208. The van der Waals surface area contributed by atoms with Crippen molar-refractivity contribution < 1.29 is 38.1 Å². The van der Waals surface area contributed by atoms with Crippen LogP contribution in [0.5, 0.6) is 0 Å². The molecule has 160 valence electrons. The van der Waals surface area contributed by atoms with Gasteiger partial charge in [-0.1, -0.05) is 23.7 Å². The Bertz CT molecular complexity index is 1150. The molecule has 0 saturated carbocycles. The molecule has 1 aromatic heterocycles. The van der Waals surface area contributed by atoms with Gasteiger partial charge < -0.3 is 29.3 Å². The first-order valence-electron chi connectivity index (χ1n) is 9.77. The summed E-state index contributed by atoms with van der Waals surface area (Å²) in [5, 5.41) is 3.55. The number of aryl methyl sites for hydroxylation is 2. The lowest BCUT2D eigenvalue weighted by Gasteiger charge is -2.40. The molecule has 2 aromatic carbocycles. The van der Waals surface area contributed by atoms with Crippen molar-refractivity contribution in [1.82, 2.24) is 0 Å². The highest BCUT2D eigenvalue weighted by Crippen LogP contribution is 2.36. The third-order valence-electron chi connectivity index (χ3n) is 5.73. The first-order valence-corrected chi connectivity index (χ1v) is 10.1. The molecule has 3 aromatic rings. The van der Waals surface area contributed by atoms with Crippen LogP contribution >= 0.6 is 11.6 Å². The number of nitrogens with one attached hydrogen (secondary N) is 1. The van der Waals surface area contributed by atoms with Crippen LogP contribution in [0, 0.1) is 13.8 Å². The summed E-state index contributed by atoms with van der Waals surface area (Å²) in [5.41, 5.74) is 3.02. The zero-order chi connectivity index (χ0) is 21.5. The van der Waals surface area contributed by atoms with Crippen LogP contribution < -0.4 is 38.8 Å². The van der Waals surface area contributed by atoms with Gasteiger partial charge >= 0.3 is 0 Å². The highest BCUT2D eigenvalue weighted by Gasteiger charge is 2.54. The molecule has 7 heteroatoms. The molecule has 1 aliphatic rings. The van der Waals surface area contributed by atoms with Crippen molar-refractivity contribution in [2.75, 3.05) is 10.2 Å². The molecule has 1 N–H and O–H groups in total. The predicted molar refractivity (Wildman–Crippen MR) is 117 cm³/mol. The molecule has 0 bridgehead atoms.